The first-order valence-electron chi connectivity index (χ1n) is 9.08. The highest BCUT2D eigenvalue weighted by atomic mass is 16.6. The van der Waals surface area contributed by atoms with Gasteiger partial charge in [-0.15, -0.1) is 0 Å². The first kappa shape index (κ1) is 18.4. The van der Waals surface area contributed by atoms with E-state index in [1.807, 2.05) is 45.1 Å². The van der Waals surface area contributed by atoms with E-state index in [2.05, 4.69) is 15.1 Å². The molecule has 0 bridgehead atoms. The van der Waals surface area contributed by atoms with Crippen molar-refractivity contribution in [3.8, 4) is 11.3 Å². The van der Waals surface area contributed by atoms with Crippen LogP contribution in [0.4, 0.5) is 4.79 Å². The fraction of sp³-hybridized carbons (Fsp3) is 0.579. The van der Waals surface area contributed by atoms with Crippen LogP contribution in [0.3, 0.4) is 0 Å². The first-order valence-corrected chi connectivity index (χ1v) is 9.08. The lowest BCUT2D eigenvalue weighted by molar-refractivity contribution is 0.0165. The second-order valence-electron chi connectivity index (χ2n) is 7.93. The van der Waals surface area contributed by atoms with Crippen LogP contribution in [-0.2, 0) is 18.2 Å². The molecule has 140 valence electrons. The Bertz CT molecular complexity index is 748. The number of piperidine rings is 1. The minimum absolute atomic E-state index is 0.222. The van der Waals surface area contributed by atoms with Crippen LogP contribution in [0.5, 0.6) is 0 Å². The Kier molecular flexibility index (Phi) is 5.25. The van der Waals surface area contributed by atoms with Gasteiger partial charge in [-0.25, -0.2) is 4.79 Å². The largest absolute Gasteiger partial charge is 0.444 e. The molecule has 0 unspecified atom stereocenters. The third kappa shape index (κ3) is 4.80. The van der Waals surface area contributed by atoms with Gasteiger partial charge in [-0.3, -0.25) is 14.6 Å². The molecule has 3 heterocycles. The highest BCUT2D eigenvalue weighted by Gasteiger charge is 2.27. The minimum Gasteiger partial charge on any atom is -0.444 e. The highest BCUT2D eigenvalue weighted by Crippen LogP contribution is 2.22. The van der Waals surface area contributed by atoms with Crippen LogP contribution in [0, 0.1) is 5.92 Å². The SMILES string of the molecule is Cn1cc(-c2cnc(C[C@H]3CCCN(C(=O)OC(C)(C)C)C3)cn2)cn1. The van der Waals surface area contributed by atoms with Gasteiger partial charge >= 0.3 is 6.09 Å². The molecule has 2 aromatic rings. The summed E-state index contributed by atoms with van der Waals surface area (Å²) in [6.07, 6.45) is 10.00. The van der Waals surface area contributed by atoms with Gasteiger partial charge < -0.3 is 9.64 Å². The number of nitrogens with zero attached hydrogens (tertiary/aromatic N) is 5. The minimum atomic E-state index is -0.461. The predicted octanol–water partition coefficient (Wildman–Crippen LogP) is 3.07. The van der Waals surface area contributed by atoms with E-state index in [4.69, 9.17) is 4.74 Å². The van der Waals surface area contributed by atoms with Crippen LogP contribution in [0.1, 0.15) is 39.3 Å². The van der Waals surface area contributed by atoms with E-state index in [1.165, 1.54) is 0 Å². The molecule has 1 aliphatic heterocycles. The maximum atomic E-state index is 12.3. The van der Waals surface area contributed by atoms with Gasteiger partial charge in [0.1, 0.15) is 5.60 Å². The van der Waals surface area contributed by atoms with Crippen LogP contribution in [-0.4, -0.2) is 49.4 Å². The van der Waals surface area contributed by atoms with Crippen LogP contribution in [0.2, 0.25) is 0 Å². The summed E-state index contributed by atoms with van der Waals surface area (Å²) in [6, 6.07) is 0. The Labute approximate surface area is 154 Å². The molecule has 1 aliphatic rings. The van der Waals surface area contributed by atoms with Crippen molar-refractivity contribution in [3.05, 3.63) is 30.5 Å². The van der Waals surface area contributed by atoms with E-state index in [0.29, 0.717) is 12.5 Å². The summed E-state index contributed by atoms with van der Waals surface area (Å²) in [5.74, 6) is 0.384. The second-order valence-corrected chi connectivity index (χ2v) is 7.93. The maximum absolute atomic E-state index is 12.3. The number of rotatable bonds is 3. The normalized spacial score (nSPS) is 18.0. The zero-order valence-electron chi connectivity index (χ0n) is 16.0. The van der Waals surface area contributed by atoms with Gasteiger partial charge in [-0.2, -0.15) is 5.10 Å². The summed E-state index contributed by atoms with van der Waals surface area (Å²) >= 11 is 0. The van der Waals surface area contributed by atoms with E-state index >= 15 is 0 Å². The first-order chi connectivity index (χ1) is 12.3. The van der Waals surface area contributed by atoms with Crippen LogP contribution < -0.4 is 0 Å². The summed E-state index contributed by atoms with van der Waals surface area (Å²) < 4.78 is 7.24. The fourth-order valence-electron chi connectivity index (χ4n) is 3.18. The van der Waals surface area contributed by atoms with Crippen molar-refractivity contribution in [2.45, 2.75) is 45.6 Å². The van der Waals surface area contributed by atoms with Crippen LogP contribution in [0.15, 0.2) is 24.8 Å². The topological polar surface area (TPSA) is 73.1 Å². The standard InChI is InChI=1S/C19H27N5O2/c1-19(2,3)26-18(25)24-7-5-6-14(12-24)8-16-10-21-17(11-20-16)15-9-22-23(4)13-15/h9-11,13-14H,5-8,12H2,1-4H3/t14-/m1/s1. The lowest BCUT2D eigenvalue weighted by Crippen LogP contribution is -2.43. The van der Waals surface area contributed by atoms with E-state index in [0.717, 1.165) is 42.8 Å². The zero-order chi connectivity index (χ0) is 18.7. The van der Waals surface area contributed by atoms with Gasteiger partial charge in [-0.05, 0) is 46.0 Å². The van der Waals surface area contributed by atoms with Gasteiger partial charge in [-0.1, -0.05) is 0 Å². The van der Waals surface area contributed by atoms with E-state index in [1.54, 1.807) is 17.1 Å². The number of aryl methyl sites for hydroxylation is 1. The number of hydrogen-bond donors (Lipinski definition) is 0. The predicted molar refractivity (Wildman–Crippen MR) is 98.5 cm³/mol. The third-order valence-electron chi connectivity index (χ3n) is 4.37. The third-order valence-corrected chi connectivity index (χ3v) is 4.37. The Balaban J connectivity index is 1.59. The number of likely N-dealkylation sites (tertiary alicyclic amines) is 1. The fourth-order valence-corrected chi connectivity index (χ4v) is 3.18. The molecular formula is C19H27N5O2. The summed E-state index contributed by atoms with van der Waals surface area (Å²) in [6.45, 7) is 7.15. The molecule has 1 atom stereocenters. The molecule has 2 aromatic heterocycles. The molecule has 1 saturated heterocycles. The number of ether oxygens (including phenoxy) is 1. The Hall–Kier alpha value is -2.44. The molecule has 3 rings (SSSR count). The number of hydrogen-bond acceptors (Lipinski definition) is 5. The molecule has 0 saturated carbocycles. The molecule has 7 heteroatoms. The Morgan fingerprint density at radius 2 is 2.08 bits per heavy atom. The smallest absolute Gasteiger partial charge is 0.410 e. The quantitative estimate of drug-likeness (QED) is 0.844. The Morgan fingerprint density at radius 1 is 1.27 bits per heavy atom. The average Bonchev–Trinajstić information content (AvgIpc) is 3.01. The summed E-state index contributed by atoms with van der Waals surface area (Å²) in [4.78, 5) is 23.2. The second kappa shape index (κ2) is 7.43. The van der Waals surface area contributed by atoms with Crippen molar-refractivity contribution < 1.29 is 9.53 Å². The van der Waals surface area contributed by atoms with Crippen molar-refractivity contribution in [1.82, 2.24) is 24.6 Å². The number of carbonyl (C=O) groups is 1. The van der Waals surface area contributed by atoms with E-state index in [-0.39, 0.29) is 6.09 Å². The van der Waals surface area contributed by atoms with Crippen LogP contribution in [0.25, 0.3) is 11.3 Å². The summed E-state index contributed by atoms with van der Waals surface area (Å²) in [7, 11) is 1.88. The molecule has 0 aliphatic carbocycles. The lowest BCUT2D eigenvalue weighted by Gasteiger charge is -2.34. The molecule has 0 aromatic carbocycles. The number of amides is 1. The van der Waals surface area contributed by atoms with Gasteiger partial charge in [0, 0.05) is 38.1 Å². The van der Waals surface area contributed by atoms with Crippen LogP contribution >= 0.6 is 0 Å². The van der Waals surface area contributed by atoms with Crippen molar-refractivity contribution >= 4 is 6.09 Å². The molecule has 7 nitrogen and oxygen atoms in total. The highest BCUT2D eigenvalue weighted by molar-refractivity contribution is 5.68. The molecule has 0 N–H and O–H groups in total. The van der Waals surface area contributed by atoms with Crippen molar-refractivity contribution in [2.24, 2.45) is 13.0 Å². The monoisotopic (exact) mass is 357 g/mol. The molecule has 1 fully saturated rings. The molecule has 0 spiro atoms. The van der Waals surface area contributed by atoms with Gasteiger partial charge in [0.2, 0.25) is 0 Å². The summed E-state index contributed by atoms with van der Waals surface area (Å²) in [5, 5.41) is 4.16. The molecule has 0 radical (unpaired) electrons. The molecule has 1 amide bonds. The maximum Gasteiger partial charge on any atom is 0.410 e. The molecule has 26 heavy (non-hydrogen) atoms. The van der Waals surface area contributed by atoms with Crippen molar-refractivity contribution in [2.75, 3.05) is 13.1 Å². The van der Waals surface area contributed by atoms with Crippen molar-refractivity contribution in [1.29, 1.82) is 0 Å². The van der Waals surface area contributed by atoms with E-state index < -0.39 is 5.60 Å². The summed E-state index contributed by atoms with van der Waals surface area (Å²) in [5.41, 5.74) is 2.27. The zero-order valence-corrected chi connectivity index (χ0v) is 16.0. The van der Waals surface area contributed by atoms with Crippen molar-refractivity contribution in [3.63, 3.8) is 0 Å². The number of aromatic nitrogens is 4. The Morgan fingerprint density at radius 3 is 2.69 bits per heavy atom. The van der Waals surface area contributed by atoms with Gasteiger partial charge in [0.15, 0.2) is 0 Å². The van der Waals surface area contributed by atoms with Gasteiger partial charge in [0.25, 0.3) is 0 Å². The lowest BCUT2D eigenvalue weighted by atomic mass is 9.94. The average molecular weight is 357 g/mol. The number of carbonyl (C=O) groups excluding carboxylic acids is 1. The molecular weight excluding hydrogens is 330 g/mol. The van der Waals surface area contributed by atoms with Gasteiger partial charge in [0.05, 0.1) is 23.8 Å². The van der Waals surface area contributed by atoms with E-state index in [9.17, 15) is 4.79 Å².